The molecule has 0 bridgehead atoms. The minimum absolute atomic E-state index is 0.241. The first-order valence-corrected chi connectivity index (χ1v) is 5.70. The molecule has 0 saturated carbocycles. The van der Waals surface area contributed by atoms with Gasteiger partial charge < -0.3 is 14.2 Å². The number of ether oxygens (including phenoxy) is 3. The summed E-state index contributed by atoms with van der Waals surface area (Å²) in [5, 5.41) is 0.582. The average molecular weight is 243 g/mol. The van der Waals surface area contributed by atoms with Gasteiger partial charge in [0, 0.05) is 6.61 Å². The molecule has 1 aromatic carbocycles. The van der Waals surface area contributed by atoms with Crippen LogP contribution in [0.15, 0.2) is 12.1 Å². The van der Waals surface area contributed by atoms with E-state index in [1.165, 1.54) is 0 Å². The summed E-state index contributed by atoms with van der Waals surface area (Å²) in [6.45, 7) is 5.77. The van der Waals surface area contributed by atoms with Crippen molar-refractivity contribution >= 4 is 11.6 Å². The second-order valence-electron chi connectivity index (χ2n) is 4.22. The van der Waals surface area contributed by atoms with Crippen molar-refractivity contribution in [3.05, 3.63) is 22.7 Å². The van der Waals surface area contributed by atoms with E-state index in [4.69, 9.17) is 25.8 Å². The molecular weight excluding hydrogens is 228 g/mol. The van der Waals surface area contributed by atoms with Crippen LogP contribution in [-0.2, 0) is 11.3 Å². The summed E-state index contributed by atoms with van der Waals surface area (Å²) in [5.74, 6) is 1.87. The lowest BCUT2D eigenvalue weighted by atomic mass is 10.2. The maximum absolute atomic E-state index is 6.06. The van der Waals surface area contributed by atoms with Gasteiger partial charge in [-0.15, -0.1) is 0 Å². The van der Waals surface area contributed by atoms with Crippen molar-refractivity contribution in [1.82, 2.24) is 0 Å². The van der Waals surface area contributed by atoms with E-state index in [9.17, 15) is 0 Å². The fraction of sp³-hybridized carbons (Fsp3) is 0.500. The molecule has 0 unspecified atom stereocenters. The monoisotopic (exact) mass is 242 g/mol. The van der Waals surface area contributed by atoms with Gasteiger partial charge in [-0.3, -0.25) is 0 Å². The van der Waals surface area contributed by atoms with E-state index >= 15 is 0 Å². The largest absolute Gasteiger partial charge is 0.454 e. The first-order valence-electron chi connectivity index (χ1n) is 5.32. The molecule has 3 nitrogen and oxygen atoms in total. The fourth-order valence-corrected chi connectivity index (χ4v) is 1.80. The standard InChI is InChI=1S/C12H15ClO3/c1-8(2)5-14-6-9-3-10(13)12-11(4-9)15-7-16-12/h3-4,8H,5-7H2,1-2H3. The van der Waals surface area contributed by atoms with Crippen LogP contribution in [0.3, 0.4) is 0 Å². The zero-order valence-electron chi connectivity index (χ0n) is 9.46. The molecule has 0 aromatic heterocycles. The summed E-state index contributed by atoms with van der Waals surface area (Å²) in [6.07, 6.45) is 0. The lowest BCUT2D eigenvalue weighted by Gasteiger charge is -2.08. The Balaban J connectivity index is 2.03. The van der Waals surface area contributed by atoms with Crippen molar-refractivity contribution < 1.29 is 14.2 Å². The van der Waals surface area contributed by atoms with Crippen molar-refractivity contribution in [3.63, 3.8) is 0 Å². The summed E-state index contributed by atoms with van der Waals surface area (Å²) >= 11 is 6.06. The molecule has 0 radical (unpaired) electrons. The maximum atomic E-state index is 6.06. The van der Waals surface area contributed by atoms with Crippen LogP contribution in [0, 0.1) is 5.92 Å². The number of rotatable bonds is 4. The van der Waals surface area contributed by atoms with E-state index in [1.807, 2.05) is 12.1 Å². The predicted octanol–water partition coefficient (Wildman–Crippen LogP) is 3.24. The molecule has 0 saturated heterocycles. The Morgan fingerprint density at radius 3 is 2.94 bits per heavy atom. The van der Waals surface area contributed by atoms with Gasteiger partial charge in [-0.05, 0) is 23.6 Å². The number of hydrogen-bond acceptors (Lipinski definition) is 3. The van der Waals surface area contributed by atoms with Crippen LogP contribution in [0.5, 0.6) is 11.5 Å². The van der Waals surface area contributed by atoms with E-state index in [0.29, 0.717) is 29.0 Å². The van der Waals surface area contributed by atoms with Gasteiger partial charge in [0.1, 0.15) is 0 Å². The maximum Gasteiger partial charge on any atom is 0.231 e. The number of halogens is 1. The highest BCUT2D eigenvalue weighted by molar-refractivity contribution is 6.32. The topological polar surface area (TPSA) is 27.7 Å². The highest BCUT2D eigenvalue weighted by Crippen LogP contribution is 2.39. The Labute approximate surface area is 100 Å². The summed E-state index contributed by atoms with van der Waals surface area (Å²) < 4.78 is 16.1. The molecule has 1 heterocycles. The minimum atomic E-state index is 0.241. The quantitative estimate of drug-likeness (QED) is 0.811. The fourth-order valence-electron chi connectivity index (χ4n) is 1.52. The lowest BCUT2D eigenvalue weighted by molar-refractivity contribution is 0.0969. The molecule has 0 spiro atoms. The van der Waals surface area contributed by atoms with E-state index in [-0.39, 0.29) is 6.79 Å². The van der Waals surface area contributed by atoms with Crippen LogP contribution in [0.25, 0.3) is 0 Å². The molecule has 1 aliphatic heterocycles. The van der Waals surface area contributed by atoms with E-state index in [1.54, 1.807) is 0 Å². The van der Waals surface area contributed by atoms with Crippen LogP contribution >= 0.6 is 11.6 Å². The third kappa shape index (κ3) is 2.60. The minimum Gasteiger partial charge on any atom is -0.454 e. The molecule has 0 aliphatic carbocycles. The molecule has 0 fully saturated rings. The molecular formula is C12H15ClO3. The Kier molecular flexibility index (Phi) is 3.56. The van der Waals surface area contributed by atoms with Crippen molar-refractivity contribution in [2.75, 3.05) is 13.4 Å². The predicted molar refractivity (Wildman–Crippen MR) is 62.1 cm³/mol. The van der Waals surface area contributed by atoms with Gasteiger partial charge in [-0.25, -0.2) is 0 Å². The van der Waals surface area contributed by atoms with Crippen LogP contribution in [0.1, 0.15) is 19.4 Å². The van der Waals surface area contributed by atoms with Crippen LogP contribution < -0.4 is 9.47 Å². The van der Waals surface area contributed by atoms with Gasteiger partial charge in [-0.1, -0.05) is 25.4 Å². The number of hydrogen-bond donors (Lipinski definition) is 0. The molecule has 0 atom stereocenters. The van der Waals surface area contributed by atoms with Crippen molar-refractivity contribution in [2.45, 2.75) is 20.5 Å². The van der Waals surface area contributed by atoms with Crippen molar-refractivity contribution in [3.8, 4) is 11.5 Å². The van der Waals surface area contributed by atoms with E-state index < -0.39 is 0 Å². The molecule has 2 rings (SSSR count). The first-order chi connectivity index (χ1) is 7.66. The van der Waals surface area contributed by atoms with Gasteiger partial charge in [0.05, 0.1) is 11.6 Å². The second kappa shape index (κ2) is 4.93. The zero-order valence-corrected chi connectivity index (χ0v) is 10.2. The zero-order chi connectivity index (χ0) is 11.5. The smallest absolute Gasteiger partial charge is 0.231 e. The Hall–Kier alpha value is -0.930. The van der Waals surface area contributed by atoms with Gasteiger partial charge >= 0.3 is 0 Å². The number of benzene rings is 1. The molecule has 1 aliphatic rings. The summed E-state index contributed by atoms with van der Waals surface area (Å²) in [4.78, 5) is 0. The van der Waals surface area contributed by atoms with Gasteiger partial charge in [-0.2, -0.15) is 0 Å². The first kappa shape index (κ1) is 11.6. The summed E-state index contributed by atoms with van der Waals surface area (Å²) in [6, 6.07) is 3.77. The molecule has 16 heavy (non-hydrogen) atoms. The molecule has 4 heteroatoms. The van der Waals surface area contributed by atoms with Gasteiger partial charge in [0.25, 0.3) is 0 Å². The van der Waals surface area contributed by atoms with Crippen molar-refractivity contribution in [2.24, 2.45) is 5.92 Å². The SMILES string of the molecule is CC(C)COCc1cc(Cl)c2c(c1)OCO2. The normalized spacial score (nSPS) is 13.5. The third-order valence-electron chi connectivity index (χ3n) is 2.21. The van der Waals surface area contributed by atoms with Gasteiger partial charge in [0.15, 0.2) is 11.5 Å². The Bertz CT molecular complexity index is 377. The highest BCUT2D eigenvalue weighted by atomic mass is 35.5. The van der Waals surface area contributed by atoms with Crippen LogP contribution in [-0.4, -0.2) is 13.4 Å². The Morgan fingerprint density at radius 2 is 2.19 bits per heavy atom. The summed E-state index contributed by atoms with van der Waals surface area (Å²) in [7, 11) is 0. The molecule has 0 N–H and O–H groups in total. The van der Waals surface area contributed by atoms with Crippen molar-refractivity contribution in [1.29, 1.82) is 0 Å². The molecule has 0 amide bonds. The van der Waals surface area contributed by atoms with Crippen LogP contribution in [0.4, 0.5) is 0 Å². The Morgan fingerprint density at radius 1 is 1.38 bits per heavy atom. The summed E-state index contributed by atoms with van der Waals surface area (Å²) in [5.41, 5.74) is 1.01. The van der Waals surface area contributed by atoms with Crippen LogP contribution in [0.2, 0.25) is 5.02 Å². The van der Waals surface area contributed by atoms with E-state index in [2.05, 4.69) is 13.8 Å². The molecule has 1 aromatic rings. The molecule has 88 valence electrons. The lowest BCUT2D eigenvalue weighted by Crippen LogP contribution is -2.01. The number of fused-ring (bicyclic) bond motifs is 1. The highest BCUT2D eigenvalue weighted by Gasteiger charge is 2.18. The van der Waals surface area contributed by atoms with Gasteiger partial charge in [0.2, 0.25) is 6.79 Å². The second-order valence-corrected chi connectivity index (χ2v) is 4.63. The van der Waals surface area contributed by atoms with E-state index in [0.717, 1.165) is 12.2 Å². The third-order valence-corrected chi connectivity index (χ3v) is 2.49. The average Bonchev–Trinajstić information content (AvgIpc) is 2.65.